The second-order valence-electron chi connectivity index (χ2n) is 9.09. The number of nitrogen functional groups attached to an aromatic ring is 2. The largest absolute Gasteiger partial charge is 0.493 e. The summed E-state index contributed by atoms with van der Waals surface area (Å²) in [6.07, 6.45) is -7.54. The number of hydrogen-bond acceptors (Lipinski definition) is 7. The Hall–Kier alpha value is -4.88. The van der Waals surface area contributed by atoms with Crippen LogP contribution in [0.25, 0.3) is 6.08 Å². The van der Waals surface area contributed by atoms with Gasteiger partial charge in [-0.05, 0) is 60.0 Å². The first-order valence-electron chi connectivity index (χ1n) is 12.6. The fraction of sp³-hybridized carbons (Fsp3) is 0.241. The number of carboxylic acid groups (broad SMARTS) is 1. The predicted molar refractivity (Wildman–Crippen MR) is 144 cm³/mol. The highest BCUT2D eigenvalue weighted by molar-refractivity contribution is 5.92. The zero-order chi connectivity index (χ0) is 31.8. The Kier molecular flexibility index (Phi) is 10.5. The summed E-state index contributed by atoms with van der Waals surface area (Å²) >= 11 is 0. The minimum absolute atomic E-state index is 0.0197. The molecule has 5 N–H and O–H groups in total. The summed E-state index contributed by atoms with van der Waals surface area (Å²) in [6, 6.07) is 9.98. The van der Waals surface area contributed by atoms with Crippen LogP contribution < -0.4 is 20.9 Å². The number of alkyl halides is 5. The van der Waals surface area contributed by atoms with Gasteiger partial charge in [0.25, 0.3) is 0 Å². The van der Waals surface area contributed by atoms with Crippen LogP contribution in [0.4, 0.5) is 37.7 Å². The van der Waals surface area contributed by atoms with Crippen molar-refractivity contribution in [3.63, 3.8) is 0 Å². The van der Waals surface area contributed by atoms with E-state index in [1.165, 1.54) is 30.3 Å². The molecule has 3 aromatic rings. The number of benzene rings is 3. The summed E-state index contributed by atoms with van der Waals surface area (Å²) in [5, 5.41) is 9.32. The molecule has 0 aliphatic heterocycles. The van der Waals surface area contributed by atoms with Crippen LogP contribution >= 0.6 is 0 Å². The molecule has 0 radical (unpaired) electrons. The lowest BCUT2D eigenvalue weighted by Crippen LogP contribution is -2.23. The normalized spacial score (nSPS) is 11.9. The molecule has 0 aromatic heterocycles. The Bertz CT molecular complexity index is 1480. The molecule has 230 valence electrons. The van der Waals surface area contributed by atoms with E-state index >= 15 is 0 Å². The van der Waals surface area contributed by atoms with Crippen LogP contribution in [-0.4, -0.2) is 36.4 Å². The Labute approximate surface area is 241 Å². The number of carbonyl (C=O) groups excluding carboxylic acids is 1. The minimum Gasteiger partial charge on any atom is -0.493 e. The summed E-state index contributed by atoms with van der Waals surface area (Å²) in [6.45, 7) is -0.558. The molecule has 0 bridgehead atoms. The quantitative estimate of drug-likeness (QED) is 0.0670. The van der Waals surface area contributed by atoms with Crippen molar-refractivity contribution in [2.75, 3.05) is 24.7 Å². The van der Waals surface area contributed by atoms with Crippen molar-refractivity contribution in [3.05, 3.63) is 88.7 Å². The second-order valence-corrected chi connectivity index (χ2v) is 9.09. The minimum atomic E-state index is -4.37. The summed E-state index contributed by atoms with van der Waals surface area (Å²) in [5.74, 6) is -3.92. The zero-order valence-electron chi connectivity index (χ0n) is 22.3. The van der Waals surface area contributed by atoms with Crippen molar-refractivity contribution in [1.82, 2.24) is 0 Å². The molecule has 0 aliphatic carbocycles. The number of aromatic carboxylic acids is 1. The lowest BCUT2D eigenvalue weighted by Gasteiger charge is -2.19. The standard InChI is InChI=1S/C29H26F6N2O6/c30-24-16-20(41-12-1-11-28(31,32)33)7-8-23(24)29(34,35)43-19-5-2-17(3-6-19)4-9-26(38)42-13-10-21-22(27(39)40)14-18(36)15-25(21)37/h2-9,14-16H,1,10-13,36-37H2,(H,39,40). The molecule has 43 heavy (non-hydrogen) atoms. The zero-order valence-corrected chi connectivity index (χ0v) is 22.3. The fourth-order valence-electron chi connectivity index (χ4n) is 3.79. The van der Waals surface area contributed by atoms with Crippen LogP contribution in [0.5, 0.6) is 11.5 Å². The van der Waals surface area contributed by atoms with Gasteiger partial charge >= 0.3 is 24.2 Å². The van der Waals surface area contributed by atoms with Crippen LogP contribution in [-0.2, 0) is 22.1 Å². The van der Waals surface area contributed by atoms with Crippen molar-refractivity contribution in [2.45, 2.75) is 31.5 Å². The maximum absolute atomic E-state index is 14.6. The molecule has 0 atom stereocenters. The van der Waals surface area contributed by atoms with E-state index in [9.17, 15) is 41.0 Å². The van der Waals surface area contributed by atoms with Gasteiger partial charge < -0.3 is 30.8 Å². The average molecular weight is 613 g/mol. The van der Waals surface area contributed by atoms with Gasteiger partial charge in [-0.15, -0.1) is 0 Å². The average Bonchev–Trinajstić information content (AvgIpc) is 2.90. The van der Waals surface area contributed by atoms with E-state index in [0.717, 1.165) is 24.3 Å². The number of anilines is 2. The number of esters is 1. The molecule has 0 saturated carbocycles. The van der Waals surface area contributed by atoms with Gasteiger partial charge in [-0.3, -0.25) is 0 Å². The molecule has 3 aromatic carbocycles. The Morgan fingerprint density at radius 1 is 0.907 bits per heavy atom. The van der Waals surface area contributed by atoms with E-state index in [0.29, 0.717) is 17.7 Å². The van der Waals surface area contributed by atoms with Gasteiger partial charge in [0.1, 0.15) is 22.9 Å². The SMILES string of the molecule is Nc1cc(N)c(CCOC(=O)C=Cc2ccc(OC(F)(F)c3ccc(OCCCC(F)(F)F)cc3F)cc2)c(C(=O)O)c1. The number of carbonyl (C=O) groups is 2. The number of ether oxygens (including phenoxy) is 3. The second kappa shape index (κ2) is 13.9. The van der Waals surface area contributed by atoms with Crippen molar-refractivity contribution < 1.29 is 55.2 Å². The molecule has 0 saturated heterocycles. The number of halogens is 6. The third-order valence-electron chi connectivity index (χ3n) is 5.80. The highest BCUT2D eigenvalue weighted by Gasteiger charge is 2.38. The summed E-state index contributed by atoms with van der Waals surface area (Å²) in [7, 11) is 0. The molecule has 0 fully saturated rings. The first kappa shape index (κ1) is 32.6. The molecule has 8 nitrogen and oxygen atoms in total. The number of nitrogens with two attached hydrogens (primary N) is 2. The van der Waals surface area contributed by atoms with E-state index in [1.54, 1.807) is 0 Å². The number of carboxylic acids is 1. The lowest BCUT2D eigenvalue weighted by atomic mass is 10.0. The van der Waals surface area contributed by atoms with Gasteiger partial charge in [-0.2, -0.15) is 22.0 Å². The molecular formula is C29H26F6N2O6. The van der Waals surface area contributed by atoms with E-state index in [2.05, 4.69) is 4.74 Å². The van der Waals surface area contributed by atoms with E-state index in [1.807, 2.05) is 0 Å². The van der Waals surface area contributed by atoms with Gasteiger partial charge in [-0.25, -0.2) is 14.0 Å². The van der Waals surface area contributed by atoms with Crippen LogP contribution in [0.15, 0.2) is 60.7 Å². The maximum atomic E-state index is 14.6. The molecule has 14 heteroatoms. The predicted octanol–water partition coefficient (Wildman–Crippen LogP) is 6.34. The lowest BCUT2D eigenvalue weighted by molar-refractivity contribution is -0.187. The van der Waals surface area contributed by atoms with Crippen molar-refractivity contribution in [1.29, 1.82) is 0 Å². The van der Waals surface area contributed by atoms with Crippen LogP contribution in [0.3, 0.4) is 0 Å². The van der Waals surface area contributed by atoms with Gasteiger partial charge in [0.05, 0.1) is 18.8 Å². The molecule has 0 aliphatic rings. The molecule has 0 amide bonds. The highest BCUT2D eigenvalue weighted by Crippen LogP contribution is 2.35. The number of hydrogen-bond donors (Lipinski definition) is 3. The van der Waals surface area contributed by atoms with E-state index in [4.69, 9.17) is 20.9 Å². The summed E-state index contributed by atoms with van der Waals surface area (Å²) in [5.41, 5.74) is 11.2. The topological polar surface area (TPSA) is 134 Å². The third kappa shape index (κ3) is 9.87. The van der Waals surface area contributed by atoms with Crippen LogP contribution in [0.2, 0.25) is 0 Å². The monoisotopic (exact) mass is 612 g/mol. The van der Waals surface area contributed by atoms with Gasteiger partial charge in [0, 0.05) is 36.4 Å². The van der Waals surface area contributed by atoms with Crippen LogP contribution in [0, 0.1) is 5.82 Å². The smallest absolute Gasteiger partial charge is 0.429 e. The fourth-order valence-corrected chi connectivity index (χ4v) is 3.79. The van der Waals surface area contributed by atoms with E-state index < -0.39 is 42.0 Å². The first-order valence-corrected chi connectivity index (χ1v) is 12.6. The third-order valence-corrected chi connectivity index (χ3v) is 5.80. The number of rotatable bonds is 13. The summed E-state index contributed by atoms with van der Waals surface area (Å²) in [4.78, 5) is 23.5. The van der Waals surface area contributed by atoms with Gasteiger partial charge in [0.2, 0.25) is 0 Å². The first-order chi connectivity index (χ1) is 20.1. The Morgan fingerprint density at radius 3 is 2.21 bits per heavy atom. The van der Waals surface area contributed by atoms with Crippen LogP contribution in [0.1, 0.15) is 39.9 Å². The Balaban J connectivity index is 1.53. The summed E-state index contributed by atoms with van der Waals surface area (Å²) < 4.78 is 94.9. The Morgan fingerprint density at radius 2 is 1.58 bits per heavy atom. The maximum Gasteiger partial charge on any atom is 0.429 e. The highest BCUT2D eigenvalue weighted by atomic mass is 19.4. The van der Waals surface area contributed by atoms with Crippen molar-refractivity contribution in [3.8, 4) is 11.5 Å². The molecule has 0 unspecified atom stereocenters. The molecule has 0 spiro atoms. The molecular weight excluding hydrogens is 586 g/mol. The molecule has 3 rings (SSSR count). The van der Waals surface area contributed by atoms with Crippen molar-refractivity contribution >= 4 is 29.4 Å². The molecule has 0 heterocycles. The van der Waals surface area contributed by atoms with Gasteiger partial charge in [-0.1, -0.05) is 12.1 Å². The van der Waals surface area contributed by atoms with Crippen molar-refractivity contribution in [2.24, 2.45) is 0 Å². The van der Waals surface area contributed by atoms with E-state index in [-0.39, 0.29) is 60.1 Å². The van der Waals surface area contributed by atoms with Gasteiger partial charge in [0.15, 0.2) is 0 Å².